The number of nitrogens with one attached hydrogen (secondary N) is 1. The van der Waals surface area contributed by atoms with Crippen LogP contribution < -0.4 is 5.32 Å². The van der Waals surface area contributed by atoms with Crippen molar-refractivity contribution in [3.63, 3.8) is 0 Å². The topological polar surface area (TPSA) is 33.5 Å². The van der Waals surface area contributed by atoms with E-state index in [4.69, 9.17) is 0 Å². The molecular weight excluding hydrogens is 195 g/mol. The number of hydrogen-bond donors (Lipinski definition) is 1. The van der Waals surface area contributed by atoms with E-state index >= 15 is 0 Å². The Hall–Kier alpha value is -1.84. The van der Waals surface area contributed by atoms with Crippen LogP contribution in [-0.4, -0.2) is 23.5 Å². The Morgan fingerprint density at radius 1 is 1.47 bits per heavy atom. The maximum Gasteiger partial charge on any atom is 0.252 e. The van der Waals surface area contributed by atoms with E-state index in [1.807, 2.05) is 28.8 Å². The normalized spacial score (nSPS) is 10.5. The van der Waals surface area contributed by atoms with E-state index in [1.54, 1.807) is 12.3 Å². The number of alkyl halides is 1. The molecular formula is C11H11FN2O. The first-order chi connectivity index (χ1) is 7.31. The number of carbonyl (C=O) groups is 1. The highest BCUT2D eigenvalue weighted by atomic mass is 19.1. The van der Waals surface area contributed by atoms with Crippen molar-refractivity contribution >= 4 is 11.4 Å². The second-order valence-electron chi connectivity index (χ2n) is 3.21. The van der Waals surface area contributed by atoms with Gasteiger partial charge in [0, 0.05) is 24.5 Å². The van der Waals surface area contributed by atoms with Gasteiger partial charge in [-0.2, -0.15) is 0 Å². The summed E-state index contributed by atoms with van der Waals surface area (Å²) in [6.07, 6.45) is 3.59. The predicted molar refractivity (Wildman–Crippen MR) is 55.7 cm³/mol. The van der Waals surface area contributed by atoms with Gasteiger partial charge in [-0.15, -0.1) is 0 Å². The highest BCUT2D eigenvalue weighted by molar-refractivity contribution is 5.95. The predicted octanol–water partition coefficient (Wildman–Crippen LogP) is 1.64. The molecule has 4 heteroatoms. The molecule has 0 aromatic carbocycles. The highest BCUT2D eigenvalue weighted by Crippen LogP contribution is 2.09. The fourth-order valence-corrected chi connectivity index (χ4v) is 1.44. The highest BCUT2D eigenvalue weighted by Gasteiger charge is 2.07. The number of nitrogens with zero attached hydrogens (tertiary/aromatic N) is 1. The van der Waals surface area contributed by atoms with Crippen molar-refractivity contribution in [2.75, 3.05) is 13.2 Å². The number of halogens is 1. The fourth-order valence-electron chi connectivity index (χ4n) is 1.44. The van der Waals surface area contributed by atoms with Crippen LogP contribution in [0.25, 0.3) is 5.52 Å². The summed E-state index contributed by atoms with van der Waals surface area (Å²) in [4.78, 5) is 11.5. The van der Waals surface area contributed by atoms with Crippen LogP contribution in [-0.2, 0) is 0 Å². The first kappa shape index (κ1) is 9.71. The van der Waals surface area contributed by atoms with E-state index in [-0.39, 0.29) is 12.5 Å². The van der Waals surface area contributed by atoms with Gasteiger partial charge in [0.1, 0.15) is 6.67 Å². The lowest BCUT2D eigenvalue weighted by Crippen LogP contribution is -2.24. The molecule has 0 aliphatic carbocycles. The summed E-state index contributed by atoms with van der Waals surface area (Å²) < 4.78 is 13.7. The molecule has 3 nitrogen and oxygen atoms in total. The lowest BCUT2D eigenvalue weighted by Gasteiger charge is -1.97. The zero-order chi connectivity index (χ0) is 10.7. The number of rotatable bonds is 3. The molecule has 15 heavy (non-hydrogen) atoms. The first-order valence-corrected chi connectivity index (χ1v) is 4.72. The summed E-state index contributed by atoms with van der Waals surface area (Å²) in [7, 11) is 0. The van der Waals surface area contributed by atoms with Crippen LogP contribution in [0.15, 0.2) is 36.7 Å². The van der Waals surface area contributed by atoms with Gasteiger partial charge >= 0.3 is 0 Å². The minimum Gasteiger partial charge on any atom is -0.349 e. The van der Waals surface area contributed by atoms with Gasteiger partial charge in [0.25, 0.3) is 5.91 Å². The molecule has 0 radical (unpaired) electrons. The van der Waals surface area contributed by atoms with E-state index in [2.05, 4.69) is 5.32 Å². The molecule has 0 fully saturated rings. The molecule has 0 spiro atoms. The minimum absolute atomic E-state index is 0.0605. The number of amides is 1. The third kappa shape index (κ3) is 1.98. The molecule has 2 aromatic heterocycles. The zero-order valence-electron chi connectivity index (χ0n) is 8.11. The molecule has 1 amide bonds. The average Bonchev–Trinajstić information content (AvgIpc) is 2.69. The molecule has 2 rings (SSSR count). The van der Waals surface area contributed by atoms with Gasteiger partial charge in [0.15, 0.2) is 0 Å². The Morgan fingerprint density at radius 2 is 2.33 bits per heavy atom. The molecule has 2 aromatic rings. The third-order valence-corrected chi connectivity index (χ3v) is 2.15. The van der Waals surface area contributed by atoms with Crippen molar-refractivity contribution in [2.24, 2.45) is 0 Å². The van der Waals surface area contributed by atoms with Gasteiger partial charge in [-0.1, -0.05) is 6.07 Å². The molecule has 78 valence electrons. The quantitative estimate of drug-likeness (QED) is 0.813. The van der Waals surface area contributed by atoms with Crippen molar-refractivity contribution in [3.8, 4) is 0 Å². The first-order valence-electron chi connectivity index (χ1n) is 4.72. The number of carbonyl (C=O) groups excluding carboxylic acids is 1. The maximum absolute atomic E-state index is 11.9. The SMILES string of the molecule is O=C(NCCF)c1cc2ccccn2c1. The summed E-state index contributed by atoms with van der Waals surface area (Å²) in [5.74, 6) is -0.239. The lowest BCUT2D eigenvalue weighted by atomic mass is 10.3. The molecule has 0 saturated heterocycles. The Balaban J connectivity index is 2.25. The third-order valence-electron chi connectivity index (χ3n) is 2.15. The average molecular weight is 206 g/mol. The Kier molecular flexibility index (Phi) is 2.67. The Morgan fingerprint density at radius 3 is 3.07 bits per heavy atom. The number of fused-ring (bicyclic) bond motifs is 1. The second-order valence-corrected chi connectivity index (χ2v) is 3.21. The van der Waals surface area contributed by atoms with Gasteiger partial charge in [-0.25, -0.2) is 4.39 Å². The van der Waals surface area contributed by atoms with Crippen LogP contribution in [0.5, 0.6) is 0 Å². The lowest BCUT2D eigenvalue weighted by molar-refractivity contribution is 0.0951. The smallest absolute Gasteiger partial charge is 0.252 e. The summed E-state index contributed by atoms with van der Waals surface area (Å²) in [5, 5.41) is 2.48. The molecule has 0 saturated carbocycles. The van der Waals surface area contributed by atoms with E-state index in [1.165, 1.54) is 0 Å². The van der Waals surface area contributed by atoms with Crippen LogP contribution in [0.2, 0.25) is 0 Å². The van der Waals surface area contributed by atoms with E-state index < -0.39 is 6.67 Å². The molecule has 0 atom stereocenters. The van der Waals surface area contributed by atoms with Crippen LogP contribution in [0, 0.1) is 0 Å². The number of hydrogen-bond acceptors (Lipinski definition) is 1. The van der Waals surface area contributed by atoms with Crippen LogP contribution in [0.3, 0.4) is 0 Å². The summed E-state index contributed by atoms with van der Waals surface area (Å²) in [5.41, 5.74) is 1.50. The standard InChI is InChI=1S/C11H11FN2O/c12-4-5-13-11(15)9-7-10-3-1-2-6-14(10)8-9/h1-3,6-8H,4-5H2,(H,13,15). The second kappa shape index (κ2) is 4.13. The van der Waals surface area contributed by atoms with E-state index in [0.717, 1.165) is 5.52 Å². The van der Waals surface area contributed by atoms with Gasteiger partial charge in [-0.3, -0.25) is 4.79 Å². The zero-order valence-corrected chi connectivity index (χ0v) is 8.11. The van der Waals surface area contributed by atoms with Gasteiger partial charge in [0.2, 0.25) is 0 Å². The van der Waals surface area contributed by atoms with Crippen LogP contribution in [0.4, 0.5) is 4.39 Å². The Labute approximate surface area is 86.5 Å². The molecule has 0 unspecified atom stereocenters. The molecule has 0 bridgehead atoms. The summed E-state index contributed by atoms with van der Waals surface area (Å²) in [6, 6.07) is 7.47. The maximum atomic E-state index is 11.9. The molecule has 1 N–H and O–H groups in total. The van der Waals surface area contributed by atoms with Crippen molar-refractivity contribution in [3.05, 3.63) is 42.2 Å². The molecule has 0 aliphatic rings. The van der Waals surface area contributed by atoms with E-state index in [0.29, 0.717) is 5.56 Å². The number of aromatic nitrogens is 1. The summed E-state index contributed by atoms with van der Waals surface area (Å²) in [6.45, 7) is -0.482. The van der Waals surface area contributed by atoms with Crippen molar-refractivity contribution in [2.45, 2.75) is 0 Å². The van der Waals surface area contributed by atoms with Crippen molar-refractivity contribution in [1.82, 2.24) is 9.72 Å². The molecule has 2 heterocycles. The minimum atomic E-state index is -0.543. The van der Waals surface area contributed by atoms with Crippen LogP contribution >= 0.6 is 0 Å². The number of pyridine rings is 1. The van der Waals surface area contributed by atoms with E-state index in [9.17, 15) is 9.18 Å². The van der Waals surface area contributed by atoms with Gasteiger partial charge in [0.05, 0.1) is 5.56 Å². The van der Waals surface area contributed by atoms with Gasteiger partial charge in [-0.05, 0) is 18.2 Å². The largest absolute Gasteiger partial charge is 0.349 e. The summed E-state index contributed by atoms with van der Waals surface area (Å²) >= 11 is 0. The molecule has 0 aliphatic heterocycles. The van der Waals surface area contributed by atoms with Crippen LogP contribution in [0.1, 0.15) is 10.4 Å². The Bertz CT molecular complexity index is 445. The van der Waals surface area contributed by atoms with Crippen molar-refractivity contribution < 1.29 is 9.18 Å². The monoisotopic (exact) mass is 206 g/mol. The van der Waals surface area contributed by atoms with Gasteiger partial charge < -0.3 is 9.72 Å². The fraction of sp³-hybridized carbons (Fsp3) is 0.182. The van der Waals surface area contributed by atoms with Crippen molar-refractivity contribution in [1.29, 1.82) is 0 Å².